The fourth-order valence-electron chi connectivity index (χ4n) is 1.98. The number of hydrogen-bond acceptors (Lipinski definition) is 6. The van der Waals surface area contributed by atoms with Crippen molar-refractivity contribution in [1.82, 2.24) is 24.7 Å². The standard InChI is InChI=1S/C13H14N6O/c1-3-20-13-8(5-4-6-15-13)11-17-10(14)9-7-16-19(2)12(9)18-11/h4-7H,3H2,1-2H3,(H2,14,17,18). The average Bonchev–Trinajstić information content (AvgIpc) is 2.82. The second-order valence-corrected chi connectivity index (χ2v) is 4.23. The number of pyridine rings is 1. The lowest BCUT2D eigenvalue weighted by molar-refractivity contribution is 0.328. The zero-order valence-electron chi connectivity index (χ0n) is 11.2. The molecular formula is C13H14N6O. The Morgan fingerprint density at radius 2 is 2.20 bits per heavy atom. The third kappa shape index (κ3) is 1.93. The second-order valence-electron chi connectivity index (χ2n) is 4.23. The van der Waals surface area contributed by atoms with Crippen molar-refractivity contribution in [3.8, 4) is 17.3 Å². The Labute approximate surface area is 115 Å². The maximum absolute atomic E-state index is 5.97. The summed E-state index contributed by atoms with van der Waals surface area (Å²) >= 11 is 0. The van der Waals surface area contributed by atoms with Gasteiger partial charge in [-0.05, 0) is 19.1 Å². The predicted octanol–water partition coefficient (Wildman–Crippen LogP) is 1.41. The zero-order valence-corrected chi connectivity index (χ0v) is 11.2. The average molecular weight is 270 g/mol. The highest BCUT2D eigenvalue weighted by molar-refractivity contribution is 5.87. The van der Waals surface area contributed by atoms with Crippen LogP contribution in [0.2, 0.25) is 0 Å². The molecule has 2 N–H and O–H groups in total. The monoisotopic (exact) mass is 270 g/mol. The van der Waals surface area contributed by atoms with Gasteiger partial charge < -0.3 is 10.5 Å². The van der Waals surface area contributed by atoms with E-state index in [1.165, 1.54) is 0 Å². The van der Waals surface area contributed by atoms with Crippen LogP contribution in [0.25, 0.3) is 22.4 Å². The van der Waals surface area contributed by atoms with Crippen LogP contribution in [-0.4, -0.2) is 31.3 Å². The summed E-state index contributed by atoms with van der Waals surface area (Å²) in [7, 11) is 1.81. The summed E-state index contributed by atoms with van der Waals surface area (Å²) in [6.45, 7) is 2.42. The molecular weight excluding hydrogens is 256 g/mol. The number of aryl methyl sites for hydroxylation is 1. The van der Waals surface area contributed by atoms with Crippen LogP contribution in [0.4, 0.5) is 5.82 Å². The molecule has 0 spiro atoms. The molecule has 0 amide bonds. The van der Waals surface area contributed by atoms with Crippen molar-refractivity contribution in [3.05, 3.63) is 24.5 Å². The molecule has 0 saturated carbocycles. The Kier molecular flexibility index (Phi) is 2.94. The Hall–Kier alpha value is -2.70. The molecule has 0 saturated heterocycles. The van der Waals surface area contributed by atoms with Crippen LogP contribution < -0.4 is 10.5 Å². The van der Waals surface area contributed by atoms with E-state index >= 15 is 0 Å². The summed E-state index contributed by atoms with van der Waals surface area (Å²) in [4.78, 5) is 13.0. The van der Waals surface area contributed by atoms with Crippen molar-refractivity contribution < 1.29 is 4.74 Å². The molecule has 0 radical (unpaired) electrons. The molecule has 0 unspecified atom stereocenters. The molecule has 0 bridgehead atoms. The number of nitrogen functional groups attached to an aromatic ring is 1. The van der Waals surface area contributed by atoms with E-state index in [1.54, 1.807) is 17.1 Å². The molecule has 0 atom stereocenters. The molecule has 7 nitrogen and oxygen atoms in total. The van der Waals surface area contributed by atoms with Crippen LogP contribution in [0.3, 0.4) is 0 Å². The SMILES string of the molecule is CCOc1ncccc1-c1nc(N)c2cnn(C)c2n1. The maximum Gasteiger partial charge on any atom is 0.224 e. The van der Waals surface area contributed by atoms with Crippen molar-refractivity contribution in [3.63, 3.8) is 0 Å². The van der Waals surface area contributed by atoms with E-state index in [1.807, 2.05) is 26.1 Å². The molecule has 102 valence electrons. The van der Waals surface area contributed by atoms with Crippen LogP contribution in [0.1, 0.15) is 6.92 Å². The van der Waals surface area contributed by atoms with Crippen LogP contribution in [0.15, 0.2) is 24.5 Å². The van der Waals surface area contributed by atoms with E-state index in [4.69, 9.17) is 10.5 Å². The van der Waals surface area contributed by atoms with Crippen LogP contribution in [0, 0.1) is 0 Å². The third-order valence-electron chi connectivity index (χ3n) is 2.91. The summed E-state index contributed by atoms with van der Waals surface area (Å²) in [5.74, 6) is 1.37. The fraction of sp³-hybridized carbons (Fsp3) is 0.231. The molecule has 3 aromatic rings. The Morgan fingerprint density at radius 3 is 3.00 bits per heavy atom. The number of rotatable bonds is 3. The molecule has 20 heavy (non-hydrogen) atoms. The molecule has 0 aliphatic rings. The van der Waals surface area contributed by atoms with Gasteiger partial charge in [-0.2, -0.15) is 5.10 Å². The largest absolute Gasteiger partial charge is 0.477 e. The number of fused-ring (bicyclic) bond motifs is 1. The summed E-state index contributed by atoms with van der Waals surface area (Å²) < 4.78 is 7.16. The Morgan fingerprint density at radius 1 is 1.35 bits per heavy atom. The van der Waals surface area contributed by atoms with E-state index in [9.17, 15) is 0 Å². The number of ether oxygens (including phenoxy) is 1. The summed E-state index contributed by atoms with van der Waals surface area (Å²) in [5.41, 5.74) is 7.36. The second kappa shape index (κ2) is 4.76. The number of nitrogens with two attached hydrogens (primary N) is 1. The van der Waals surface area contributed by atoms with Gasteiger partial charge in [-0.15, -0.1) is 0 Å². The fourth-order valence-corrected chi connectivity index (χ4v) is 1.98. The van der Waals surface area contributed by atoms with Gasteiger partial charge in [0.2, 0.25) is 5.88 Å². The summed E-state index contributed by atoms with van der Waals surface area (Å²) in [6.07, 6.45) is 3.32. The van der Waals surface area contributed by atoms with Crippen molar-refractivity contribution >= 4 is 16.9 Å². The van der Waals surface area contributed by atoms with Crippen LogP contribution in [0.5, 0.6) is 5.88 Å². The first-order valence-electron chi connectivity index (χ1n) is 6.24. The van der Waals surface area contributed by atoms with Gasteiger partial charge in [0.25, 0.3) is 0 Å². The van der Waals surface area contributed by atoms with Crippen molar-refractivity contribution in [2.24, 2.45) is 7.05 Å². The van der Waals surface area contributed by atoms with E-state index in [0.29, 0.717) is 35.3 Å². The summed E-state index contributed by atoms with van der Waals surface area (Å²) in [5, 5.41) is 4.87. The molecule has 0 aliphatic carbocycles. The van der Waals surface area contributed by atoms with Crippen LogP contribution in [-0.2, 0) is 7.05 Å². The number of aromatic nitrogens is 5. The normalized spacial score (nSPS) is 10.9. The topological polar surface area (TPSA) is 91.7 Å². The van der Waals surface area contributed by atoms with Gasteiger partial charge in [-0.1, -0.05) is 0 Å². The molecule has 3 aromatic heterocycles. The first-order valence-corrected chi connectivity index (χ1v) is 6.24. The maximum atomic E-state index is 5.97. The van der Waals surface area contributed by atoms with E-state index in [0.717, 1.165) is 5.39 Å². The van der Waals surface area contributed by atoms with Crippen molar-refractivity contribution in [2.75, 3.05) is 12.3 Å². The number of nitrogens with zero attached hydrogens (tertiary/aromatic N) is 5. The zero-order chi connectivity index (χ0) is 14.1. The van der Waals surface area contributed by atoms with Gasteiger partial charge in [0.05, 0.1) is 23.8 Å². The lowest BCUT2D eigenvalue weighted by Crippen LogP contribution is -2.02. The van der Waals surface area contributed by atoms with Gasteiger partial charge in [0.1, 0.15) is 5.82 Å². The van der Waals surface area contributed by atoms with Gasteiger partial charge in [-0.25, -0.2) is 15.0 Å². The first-order chi connectivity index (χ1) is 9.70. The molecule has 0 aromatic carbocycles. The highest BCUT2D eigenvalue weighted by Crippen LogP contribution is 2.27. The van der Waals surface area contributed by atoms with Gasteiger partial charge >= 0.3 is 0 Å². The Balaban J connectivity index is 2.22. The van der Waals surface area contributed by atoms with E-state index in [2.05, 4.69) is 20.1 Å². The van der Waals surface area contributed by atoms with E-state index in [-0.39, 0.29) is 0 Å². The number of anilines is 1. The minimum absolute atomic E-state index is 0.393. The van der Waals surface area contributed by atoms with Crippen molar-refractivity contribution in [1.29, 1.82) is 0 Å². The Bertz CT molecular complexity index is 767. The molecule has 7 heteroatoms. The lowest BCUT2D eigenvalue weighted by atomic mass is 10.2. The highest BCUT2D eigenvalue weighted by atomic mass is 16.5. The lowest BCUT2D eigenvalue weighted by Gasteiger charge is -2.08. The minimum atomic E-state index is 0.393. The molecule has 0 fully saturated rings. The van der Waals surface area contributed by atoms with Gasteiger partial charge in [-0.3, -0.25) is 4.68 Å². The molecule has 0 aliphatic heterocycles. The third-order valence-corrected chi connectivity index (χ3v) is 2.91. The highest BCUT2D eigenvalue weighted by Gasteiger charge is 2.14. The quantitative estimate of drug-likeness (QED) is 0.773. The van der Waals surface area contributed by atoms with Crippen LogP contribution >= 0.6 is 0 Å². The first kappa shape index (κ1) is 12.3. The molecule has 3 rings (SSSR count). The predicted molar refractivity (Wildman–Crippen MR) is 75.1 cm³/mol. The van der Waals surface area contributed by atoms with Crippen molar-refractivity contribution in [2.45, 2.75) is 6.92 Å². The smallest absolute Gasteiger partial charge is 0.224 e. The summed E-state index contributed by atoms with van der Waals surface area (Å²) in [6, 6.07) is 3.67. The molecule has 3 heterocycles. The number of hydrogen-bond donors (Lipinski definition) is 1. The van der Waals surface area contributed by atoms with E-state index < -0.39 is 0 Å². The minimum Gasteiger partial charge on any atom is -0.477 e. The van der Waals surface area contributed by atoms with Gasteiger partial charge in [0.15, 0.2) is 11.5 Å². The van der Waals surface area contributed by atoms with Gasteiger partial charge in [0, 0.05) is 13.2 Å².